The minimum absolute atomic E-state index is 0.219. The number of nitrogens with one attached hydrogen (secondary N) is 1. The maximum atomic E-state index is 12.8. The van der Waals surface area contributed by atoms with E-state index in [2.05, 4.69) is 20.1 Å². The predicted octanol–water partition coefficient (Wildman–Crippen LogP) is 3.37. The Morgan fingerprint density at radius 1 is 1.10 bits per heavy atom. The molecule has 5 aromatic rings. The van der Waals surface area contributed by atoms with Gasteiger partial charge in [-0.1, -0.05) is 6.07 Å². The molecule has 0 aliphatic heterocycles. The molecule has 150 valence electrons. The zero-order valence-corrected chi connectivity index (χ0v) is 16.9. The third kappa shape index (κ3) is 2.85. The van der Waals surface area contributed by atoms with Gasteiger partial charge >= 0.3 is 5.69 Å². The Kier molecular flexibility index (Phi) is 4.13. The summed E-state index contributed by atoms with van der Waals surface area (Å²) in [5.41, 5.74) is 5.50. The van der Waals surface area contributed by atoms with Gasteiger partial charge in [0.1, 0.15) is 0 Å². The molecule has 0 aliphatic carbocycles. The highest BCUT2D eigenvalue weighted by molar-refractivity contribution is 6.04. The summed E-state index contributed by atoms with van der Waals surface area (Å²) >= 11 is 0. The van der Waals surface area contributed by atoms with E-state index < -0.39 is 0 Å². The predicted molar refractivity (Wildman–Crippen MR) is 115 cm³/mol. The van der Waals surface area contributed by atoms with E-state index in [9.17, 15) is 4.79 Å². The summed E-state index contributed by atoms with van der Waals surface area (Å²) in [7, 11) is 1.84. The number of aryl methyl sites for hydroxylation is 2. The number of imidazole rings is 1. The number of fused-ring (bicyclic) bond motifs is 3. The number of nitrogens with zero attached hydrogens (tertiary/aromatic N) is 5. The molecule has 0 unspecified atom stereocenters. The molecule has 0 radical (unpaired) electrons. The Morgan fingerprint density at radius 3 is 2.63 bits per heavy atom. The summed E-state index contributed by atoms with van der Waals surface area (Å²) in [6.07, 6.45) is 5.32. The highest BCUT2D eigenvalue weighted by atomic mass is 16.5. The van der Waals surface area contributed by atoms with Gasteiger partial charge in [-0.05, 0) is 37.6 Å². The number of hydrogen-bond acceptors (Lipinski definition) is 5. The lowest BCUT2D eigenvalue weighted by Gasteiger charge is -2.08. The molecule has 30 heavy (non-hydrogen) atoms. The molecule has 8 nitrogen and oxygen atoms in total. The smallest absolute Gasteiger partial charge is 0.331 e. The Morgan fingerprint density at radius 2 is 1.93 bits per heavy atom. The van der Waals surface area contributed by atoms with Crippen LogP contribution in [-0.4, -0.2) is 35.9 Å². The van der Waals surface area contributed by atoms with E-state index in [0.717, 1.165) is 38.9 Å². The summed E-state index contributed by atoms with van der Waals surface area (Å²) < 4.78 is 8.81. The molecule has 0 aliphatic rings. The second-order valence-corrected chi connectivity index (χ2v) is 7.11. The van der Waals surface area contributed by atoms with E-state index in [4.69, 9.17) is 4.74 Å². The number of pyridine rings is 2. The Hall–Kier alpha value is -3.94. The number of aromatic nitrogens is 6. The molecule has 0 atom stereocenters. The van der Waals surface area contributed by atoms with Gasteiger partial charge in [0.2, 0.25) is 5.88 Å². The fourth-order valence-corrected chi connectivity index (χ4v) is 3.78. The quantitative estimate of drug-likeness (QED) is 0.499. The molecule has 0 saturated carbocycles. The first-order valence-corrected chi connectivity index (χ1v) is 9.68. The number of ether oxygens (including phenoxy) is 1. The van der Waals surface area contributed by atoms with Crippen molar-refractivity contribution in [3.8, 4) is 22.7 Å². The van der Waals surface area contributed by atoms with Crippen molar-refractivity contribution in [3.05, 3.63) is 65.1 Å². The molecular weight excluding hydrogens is 380 g/mol. The van der Waals surface area contributed by atoms with Gasteiger partial charge in [-0.15, -0.1) is 0 Å². The number of rotatable bonds is 4. The number of hydrogen-bond donors (Lipinski definition) is 1. The molecule has 1 aromatic carbocycles. The lowest BCUT2D eigenvalue weighted by Crippen LogP contribution is -2.15. The Balaban J connectivity index is 1.75. The molecular formula is C22H20N6O2. The highest BCUT2D eigenvalue weighted by Crippen LogP contribution is 2.29. The van der Waals surface area contributed by atoms with E-state index in [1.165, 1.54) is 0 Å². The van der Waals surface area contributed by atoms with Crippen molar-refractivity contribution in [1.82, 2.24) is 29.3 Å². The molecule has 4 aromatic heterocycles. The Bertz CT molecular complexity index is 1440. The minimum Gasteiger partial charge on any atom is -0.478 e. The van der Waals surface area contributed by atoms with Gasteiger partial charge < -0.3 is 9.72 Å². The van der Waals surface area contributed by atoms with Crippen molar-refractivity contribution in [2.24, 2.45) is 7.05 Å². The average Bonchev–Trinajstić information content (AvgIpc) is 3.25. The summed E-state index contributed by atoms with van der Waals surface area (Å²) in [6, 6.07) is 9.83. The second-order valence-electron chi connectivity index (χ2n) is 7.11. The number of H-pyrrole nitrogens is 1. The maximum absolute atomic E-state index is 12.8. The zero-order chi connectivity index (χ0) is 20.8. The van der Waals surface area contributed by atoms with Crippen LogP contribution in [0.15, 0.2) is 53.7 Å². The zero-order valence-electron chi connectivity index (χ0n) is 16.9. The van der Waals surface area contributed by atoms with Crippen LogP contribution in [0, 0.1) is 6.92 Å². The second kappa shape index (κ2) is 6.84. The van der Waals surface area contributed by atoms with Crippen LogP contribution < -0.4 is 10.4 Å². The van der Waals surface area contributed by atoms with Crippen LogP contribution in [0.25, 0.3) is 38.8 Å². The van der Waals surface area contributed by atoms with Crippen molar-refractivity contribution in [1.29, 1.82) is 0 Å². The third-order valence-corrected chi connectivity index (χ3v) is 5.10. The summed E-state index contributed by atoms with van der Waals surface area (Å²) in [4.78, 5) is 24.6. The SMILES string of the molecule is CCOc1ccc(-c2ccc3ncc4[nH]c(=O)n(-c5cn(C)nc5C)c4c3c2)cn1. The first-order chi connectivity index (χ1) is 14.5. The molecule has 8 heteroatoms. The van der Waals surface area contributed by atoms with E-state index in [0.29, 0.717) is 18.0 Å². The van der Waals surface area contributed by atoms with Gasteiger partial charge in [0.25, 0.3) is 0 Å². The molecule has 0 saturated heterocycles. The normalized spacial score (nSPS) is 11.4. The summed E-state index contributed by atoms with van der Waals surface area (Å²) in [6.45, 7) is 4.39. The topological polar surface area (TPSA) is 90.6 Å². The lowest BCUT2D eigenvalue weighted by molar-refractivity contribution is 0.327. The molecule has 0 fully saturated rings. The van der Waals surface area contributed by atoms with Crippen LogP contribution in [-0.2, 0) is 7.05 Å². The van der Waals surface area contributed by atoms with E-state index in [-0.39, 0.29) is 5.69 Å². The van der Waals surface area contributed by atoms with Gasteiger partial charge in [0, 0.05) is 36.5 Å². The minimum atomic E-state index is -0.219. The summed E-state index contributed by atoms with van der Waals surface area (Å²) in [5, 5.41) is 5.27. The van der Waals surface area contributed by atoms with Gasteiger partial charge in [0.15, 0.2) is 0 Å². The summed E-state index contributed by atoms with van der Waals surface area (Å²) in [5.74, 6) is 0.595. The molecule has 4 heterocycles. The maximum Gasteiger partial charge on any atom is 0.331 e. The van der Waals surface area contributed by atoms with Crippen molar-refractivity contribution in [3.63, 3.8) is 0 Å². The molecule has 5 rings (SSSR count). The standard InChI is InChI=1S/C22H20N6O2/c1-4-30-20-8-6-15(10-24-20)14-5-7-17-16(9-14)21-18(11-23-17)25-22(29)28(21)19-12-27(3)26-13(19)2/h5-12H,4H2,1-3H3,(H,25,29). The van der Waals surface area contributed by atoms with Crippen LogP contribution in [0.3, 0.4) is 0 Å². The average molecular weight is 400 g/mol. The van der Waals surface area contributed by atoms with Crippen molar-refractivity contribution in [2.45, 2.75) is 13.8 Å². The van der Waals surface area contributed by atoms with Gasteiger partial charge in [0.05, 0.1) is 40.7 Å². The fraction of sp³-hybridized carbons (Fsp3) is 0.182. The van der Waals surface area contributed by atoms with E-state index in [1.54, 1.807) is 21.6 Å². The van der Waals surface area contributed by atoms with Crippen LogP contribution in [0.4, 0.5) is 0 Å². The van der Waals surface area contributed by atoms with Crippen LogP contribution in [0.2, 0.25) is 0 Å². The molecule has 0 amide bonds. The van der Waals surface area contributed by atoms with Gasteiger partial charge in [-0.3, -0.25) is 14.2 Å². The van der Waals surface area contributed by atoms with Gasteiger partial charge in [-0.2, -0.15) is 5.10 Å². The highest BCUT2D eigenvalue weighted by Gasteiger charge is 2.17. The molecule has 0 spiro atoms. The van der Waals surface area contributed by atoms with E-state index >= 15 is 0 Å². The largest absolute Gasteiger partial charge is 0.478 e. The van der Waals surface area contributed by atoms with E-state index in [1.807, 2.05) is 57.4 Å². The lowest BCUT2D eigenvalue weighted by atomic mass is 10.0. The fourth-order valence-electron chi connectivity index (χ4n) is 3.78. The molecule has 1 N–H and O–H groups in total. The van der Waals surface area contributed by atoms with Crippen LogP contribution >= 0.6 is 0 Å². The number of benzene rings is 1. The first-order valence-electron chi connectivity index (χ1n) is 9.68. The van der Waals surface area contributed by atoms with Crippen LogP contribution in [0.1, 0.15) is 12.6 Å². The molecule has 0 bridgehead atoms. The van der Waals surface area contributed by atoms with Crippen molar-refractivity contribution < 1.29 is 4.74 Å². The first kappa shape index (κ1) is 18.1. The Labute approximate surface area is 171 Å². The van der Waals surface area contributed by atoms with Crippen LogP contribution in [0.5, 0.6) is 5.88 Å². The van der Waals surface area contributed by atoms with Crippen molar-refractivity contribution in [2.75, 3.05) is 6.61 Å². The number of aromatic amines is 1. The third-order valence-electron chi connectivity index (χ3n) is 5.10. The monoisotopic (exact) mass is 400 g/mol. The van der Waals surface area contributed by atoms with Crippen molar-refractivity contribution >= 4 is 21.9 Å². The van der Waals surface area contributed by atoms with Gasteiger partial charge in [-0.25, -0.2) is 9.78 Å².